The summed E-state index contributed by atoms with van der Waals surface area (Å²) >= 11 is 0. The van der Waals surface area contributed by atoms with Crippen molar-refractivity contribution in [2.24, 2.45) is 5.92 Å². The Balaban J connectivity index is 1.31. The van der Waals surface area contributed by atoms with Gasteiger partial charge in [0, 0.05) is 44.4 Å². The molecule has 2 unspecified atom stereocenters. The maximum Gasteiger partial charge on any atom is 0.145 e. The molecule has 1 spiro atoms. The molecule has 2 aliphatic heterocycles. The zero-order valence-electron chi connectivity index (χ0n) is 12.8. The summed E-state index contributed by atoms with van der Waals surface area (Å²) in [6, 6.07) is 1.76. The molecule has 3 fully saturated rings. The van der Waals surface area contributed by atoms with Crippen LogP contribution in [-0.4, -0.2) is 47.9 Å². The standard InChI is InChI=1S/C17H23FN2O2/c18-16-8-19-5-3-14(16)9-20-6-4-17(12-20)7-15(11-22-17)21-10-13-1-2-13/h3,5,8,13,15H,1-2,4,6-7,9-12H2. The number of likely N-dealkylation sites (tertiary alicyclic amines) is 1. The minimum atomic E-state index is -0.221. The molecule has 1 aromatic heterocycles. The van der Waals surface area contributed by atoms with Crippen LogP contribution in [0.25, 0.3) is 0 Å². The first kappa shape index (κ1) is 14.5. The van der Waals surface area contributed by atoms with Gasteiger partial charge in [0.15, 0.2) is 0 Å². The number of nitrogens with zero attached hydrogens (tertiary/aromatic N) is 2. The fourth-order valence-corrected chi connectivity index (χ4v) is 3.59. The molecule has 1 aliphatic carbocycles. The van der Waals surface area contributed by atoms with Gasteiger partial charge in [-0.25, -0.2) is 4.39 Å². The number of hydrogen-bond acceptors (Lipinski definition) is 4. The van der Waals surface area contributed by atoms with Crippen LogP contribution in [0, 0.1) is 11.7 Å². The van der Waals surface area contributed by atoms with Crippen LogP contribution < -0.4 is 0 Å². The molecule has 0 aromatic carbocycles. The molecule has 1 saturated carbocycles. The number of pyridine rings is 1. The number of halogens is 1. The first-order chi connectivity index (χ1) is 10.7. The van der Waals surface area contributed by atoms with Gasteiger partial charge in [-0.2, -0.15) is 0 Å². The molecule has 3 aliphatic rings. The summed E-state index contributed by atoms with van der Waals surface area (Å²) in [6.45, 7) is 4.07. The fraction of sp³-hybridized carbons (Fsp3) is 0.706. The Morgan fingerprint density at radius 1 is 1.45 bits per heavy atom. The largest absolute Gasteiger partial charge is 0.375 e. The van der Waals surface area contributed by atoms with Crippen LogP contribution in [0.4, 0.5) is 4.39 Å². The third-order valence-corrected chi connectivity index (χ3v) is 5.09. The Hall–Kier alpha value is -1.04. The summed E-state index contributed by atoms with van der Waals surface area (Å²) in [4.78, 5) is 6.08. The van der Waals surface area contributed by atoms with Crippen molar-refractivity contribution in [3.63, 3.8) is 0 Å². The molecule has 5 heteroatoms. The van der Waals surface area contributed by atoms with Crippen LogP contribution in [0.3, 0.4) is 0 Å². The highest BCUT2D eigenvalue weighted by molar-refractivity contribution is 5.13. The van der Waals surface area contributed by atoms with Crippen molar-refractivity contribution >= 4 is 0 Å². The third kappa shape index (κ3) is 3.16. The Labute approximate surface area is 130 Å². The van der Waals surface area contributed by atoms with E-state index < -0.39 is 0 Å². The highest BCUT2D eigenvalue weighted by Gasteiger charge is 2.46. The SMILES string of the molecule is Fc1cnccc1CN1CCC2(CC(OCC3CC3)CO2)C1. The van der Waals surface area contributed by atoms with E-state index in [9.17, 15) is 4.39 Å². The number of hydrogen-bond donors (Lipinski definition) is 0. The molecule has 2 saturated heterocycles. The molecule has 3 heterocycles. The van der Waals surface area contributed by atoms with Gasteiger partial charge in [0.2, 0.25) is 0 Å². The maximum absolute atomic E-state index is 13.7. The average molecular weight is 306 g/mol. The molecule has 4 rings (SSSR count). The molecule has 0 radical (unpaired) electrons. The van der Waals surface area contributed by atoms with Crippen molar-refractivity contribution in [1.82, 2.24) is 9.88 Å². The molecule has 0 amide bonds. The summed E-state index contributed by atoms with van der Waals surface area (Å²) < 4.78 is 25.8. The van der Waals surface area contributed by atoms with E-state index in [4.69, 9.17) is 9.47 Å². The van der Waals surface area contributed by atoms with Crippen LogP contribution in [-0.2, 0) is 16.0 Å². The summed E-state index contributed by atoms with van der Waals surface area (Å²) in [7, 11) is 0. The minimum Gasteiger partial charge on any atom is -0.375 e. The number of aromatic nitrogens is 1. The van der Waals surface area contributed by atoms with E-state index in [0.717, 1.165) is 38.5 Å². The molecule has 2 atom stereocenters. The van der Waals surface area contributed by atoms with E-state index in [1.807, 2.05) is 0 Å². The summed E-state index contributed by atoms with van der Waals surface area (Å²) in [5.41, 5.74) is 0.643. The third-order valence-electron chi connectivity index (χ3n) is 5.09. The van der Waals surface area contributed by atoms with E-state index in [0.29, 0.717) is 18.7 Å². The first-order valence-electron chi connectivity index (χ1n) is 8.29. The van der Waals surface area contributed by atoms with Crippen molar-refractivity contribution in [2.45, 2.75) is 43.9 Å². The lowest BCUT2D eigenvalue weighted by atomic mass is 9.98. The van der Waals surface area contributed by atoms with Gasteiger partial charge < -0.3 is 9.47 Å². The number of rotatable bonds is 5. The van der Waals surface area contributed by atoms with Gasteiger partial charge in [-0.15, -0.1) is 0 Å². The molecule has 1 aromatic rings. The lowest BCUT2D eigenvalue weighted by molar-refractivity contribution is 0.000808. The highest BCUT2D eigenvalue weighted by Crippen LogP contribution is 2.38. The van der Waals surface area contributed by atoms with Gasteiger partial charge in [0.05, 0.1) is 24.5 Å². The predicted octanol–water partition coefficient (Wildman–Crippen LogP) is 2.38. The highest BCUT2D eigenvalue weighted by atomic mass is 19.1. The predicted molar refractivity (Wildman–Crippen MR) is 79.9 cm³/mol. The molecular weight excluding hydrogens is 283 g/mol. The van der Waals surface area contributed by atoms with Gasteiger partial charge in [-0.05, 0) is 31.2 Å². The second-order valence-electron chi connectivity index (χ2n) is 7.02. The van der Waals surface area contributed by atoms with E-state index in [2.05, 4.69) is 9.88 Å². The Kier molecular flexibility index (Phi) is 3.88. The van der Waals surface area contributed by atoms with Gasteiger partial charge in [-0.3, -0.25) is 9.88 Å². The first-order valence-corrected chi connectivity index (χ1v) is 8.29. The zero-order chi connectivity index (χ0) is 15.0. The summed E-state index contributed by atoms with van der Waals surface area (Å²) in [5, 5.41) is 0. The van der Waals surface area contributed by atoms with E-state index >= 15 is 0 Å². The van der Waals surface area contributed by atoms with Crippen molar-refractivity contribution in [3.8, 4) is 0 Å². The normalized spacial score (nSPS) is 32.1. The molecular formula is C17H23FN2O2. The quantitative estimate of drug-likeness (QED) is 0.836. The lowest BCUT2D eigenvalue weighted by Crippen LogP contribution is -2.33. The van der Waals surface area contributed by atoms with E-state index in [1.165, 1.54) is 19.0 Å². The second-order valence-corrected chi connectivity index (χ2v) is 7.02. The van der Waals surface area contributed by atoms with Gasteiger partial charge in [-0.1, -0.05) is 0 Å². The topological polar surface area (TPSA) is 34.6 Å². The molecule has 0 N–H and O–H groups in total. The Bertz CT molecular complexity index is 537. The Morgan fingerprint density at radius 2 is 2.36 bits per heavy atom. The molecule has 4 nitrogen and oxygen atoms in total. The van der Waals surface area contributed by atoms with Crippen molar-refractivity contribution in [3.05, 3.63) is 29.8 Å². The summed E-state index contributed by atoms with van der Waals surface area (Å²) in [5.74, 6) is 0.577. The lowest BCUT2D eigenvalue weighted by Gasteiger charge is -2.23. The smallest absolute Gasteiger partial charge is 0.145 e. The summed E-state index contributed by atoms with van der Waals surface area (Å²) in [6.07, 6.45) is 7.83. The molecule has 120 valence electrons. The van der Waals surface area contributed by atoms with Crippen molar-refractivity contribution < 1.29 is 13.9 Å². The van der Waals surface area contributed by atoms with Crippen LogP contribution >= 0.6 is 0 Å². The van der Waals surface area contributed by atoms with Crippen molar-refractivity contribution in [1.29, 1.82) is 0 Å². The minimum absolute atomic E-state index is 0.0717. The van der Waals surface area contributed by atoms with E-state index in [-0.39, 0.29) is 17.5 Å². The number of ether oxygens (including phenoxy) is 2. The second kappa shape index (κ2) is 5.87. The van der Waals surface area contributed by atoms with Crippen LogP contribution in [0.1, 0.15) is 31.2 Å². The van der Waals surface area contributed by atoms with Gasteiger partial charge in [0.1, 0.15) is 5.82 Å². The van der Waals surface area contributed by atoms with Crippen LogP contribution in [0.2, 0.25) is 0 Å². The van der Waals surface area contributed by atoms with Crippen molar-refractivity contribution in [2.75, 3.05) is 26.3 Å². The van der Waals surface area contributed by atoms with Gasteiger partial charge >= 0.3 is 0 Å². The Morgan fingerprint density at radius 3 is 3.18 bits per heavy atom. The van der Waals surface area contributed by atoms with Crippen LogP contribution in [0.5, 0.6) is 0 Å². The maximum atomic E-state index is 13.7. The van der Waals surface area contributed by atoms with Crippen LogP contribution in [0.15, 0.2) is 18.5 Å². The monoisotopic (exact) mass is 306 g/mol. The zero-order valence-corrected chi connectivity index (χ0v) is 12.8. The molecule has 22 heavy (non-hydrogen) atoms. The average Bonchev–Trinajstić information content (AvgIpc) is 3.15. The van der Waals surface area contributed by atoms with E-state index in [1.54, 1.807) is 12.3 Å². The molecule has 0 bridgehead atoms. The fourth-order valence-electron chi connectivity index (χ4n) is 3.59. The van der Waals surface area contributed by atoms with Gasteiger partial charge in [0.25, 0.3) is 0 Å².